The summed E-state index contributed by atoms with van der Waals surface area (Å²) >= 11 is 1.45. The minimum absolute atomic E-state index is 0.0623. The highest BCUT2D eigenvalue weighted by molar-refractivity contribution is 7.10. The molecule has 0 spiro atoms. The van der Waals surface area contributed by atoms with Gasteiger partial charge in [-0.3, -0.25) is 4.79 Å². The van der Waals surface area contributed by atoms with Gasteiger partial charge in [0.1, 0.15) is 0 Å². The average molecular weight is 233 g/mol. The van der Waals surface area contributed by atoms with E-state index in [0.29, 0.717) is 0 Å². The summed E-state index contributed by atoms with van der Waals surface area (Å²) in [5.41, 5.74) is 1.84. The Bertz CT molecular complexity index is 479. The largest absolute Gasteiger partial charge is 0.481 e. The summed E-state index contributed by atoms with van der Waals surface area (Å²) in [5, 5.41) is 13.9. The van der Waals surface area contributed by atoms with Gasteiger partial charge >= 0.3 is 5.97 Å². The first-order chi connectivity index (χ1) is 7.75. The normalized spacial score (nSPS) is 10.0. The van der Waals surface area contributed by atoms with Gasteiger partial charge in [0.15, 0.2) is 0 Å². The molecule has 0 radical (unpaired) electrons. The standard InChI is InChI=1S/C12H11NO2S/c14-12(15)8-11-10(6-7-16-11)13-9-4-2-1-3-5-9/h1-7,13H,8H2,(H,14,15). The van der Waals surface area contributed by atoms with Gasteiger partial charge in [-0.1, -0.05) is 18.2 Å². The molecule has 0 aliphatic rings. The fourth-order valence-corrected chi connectivity index (χ4v) is 2.22. The molecule has 0 aliphatic carbocycles. The average Bonchev–Trinajstić information content (AvgIpc) is 2.66. The second kappa shape index (κ2) is 4.81. The molecular weight excluding hydrogens is 222 g/mol. The molecule has 3 nitrogen and oxygen atoms in total. The van der Waals surface area contributed by atoms with E-state index in [9.17, 15) is 4.79 Å². The molecule has 0 amide bonds. The molecule has 0 unspecified atom stereocenters. The zero-order valence-corrected chi connectivity index (χ0v) is 9.33. The van der Waals surface area contributed by atoms with Gasteiger partial charge in [-0.05, 0) is 23.6 Å². The van der Waals surface area contributed by atoms with Crippen molar-refractivity contribution >= 4 is 28.7 Å². The van der Waals surface area contributed by atoms with Gasteiger partial charge in [-0.15, -0.1) is 11.3 Å². The van der Waals surface area contributed by atoms with Gasteiger partial charge in [0.2, 0.25) is 0 Å². The number of carboxylic acids is 1. The third-order valence-corrected chi connectivity index (χ3v) is 3.03. The quantitative estimate of drug-likeness (QED) is 0.853. The van der Waals surface area contributed by atoms with Gasteiger partial charge in [0.05, 0.1) is 12.1 Å². The molecule has 2 rings (SSSR count). The predicted molar refractivity (Wildman–Crippen MR) is 65.4 cm³/mol. The third kappa shape index (κ3) is 2.61. The Labute approximate surface area is 97.4 Å². The Morgan fingerprint density at radius 1 is 1.25 bits per heavy atom. The molecule has 16 heavy (non-hydrogen) atoms. The zero-order valence-electron chi connectivity index (χ0n) is 8.51. The first-order valence-corrected chi connectivity index (χ1v) is 5.74. The van der Waals surface area contributed by atoms with Crippen molar-refractivity contribution in [1.29, 1.82) is 0 Å². The molecular formula is C12H11NO2S. The second-order valence-electron chi connectivity index (χ2n) is 3.32. The van der Waals surface area contributed by atoms with Crippen LogP contribution < -0.4 is 5.32 Å². The molecule has 2 aromatic rings. The first-order valence-electron chi connectivity index (χ1n) is 4.86. The van der Waals surface area contributed by atoms with E-state index in [1.165, 1.54) is 11.3 Å². The molecule has 0 atom stereocenters. The summed E-state index contributed by atoms with van der Waals surface area (Å²) in [6, 6.07) is 11.6. The highest BCUT2D eigenvalue weighted by Gasteiger charge is 2.08. The van der Waals surface area contributed by atoms with E-state index in [0.717, 1.165) is 16.3 Å². The maximum Gasteiger partial charge on any atom is 0.308 e. The van der Waals surface area contributed by atoms with Crippen molar-refractivity contribution in [3.05, 3.63) is 46.7 Å². The summed E-state index contributed by atoms with van der Waals surface area (Å²) in [4.78, 5) is 11.5. The lowest BCUT2D eigenvalue weighted by atomic mass is 10.2. The number of hydrogen-bond donors (Lipinski definition) is 2. The third-order valence-electron chi connectivity index (χ3n) is 2.11. The van der Waals surface area contributed by atoms with Gasteiger partial charge in [0.25, 0.3) is 0 Å². The second-order valence-corrected chi connectivity index (χ2v) is 4.32. The monoisotopic (exact) mass is 233 g/mol. The summed E-state index contributed by atoms with van der Waals surface area (Å²) in [7, 11) is 0. The maximum absolute atomic E-state index is 10.7. The summed E-state index contributed by atoms with van der Waals surface area (Å²) < 4.78 is 0. The van der Waals surface area contributed by atoms with E-state index < -0.39 is 5.97 Å². The lowest BCUT2D eigenvalue weighted by molar-refractivity contribution is -0.136. The van der Waals surface area contributed by atoms with E-state index >= 15 is 0 Å². The number of nitrogens with one attached hydrogen (secondary N) is 1. The Balaban J connectivity index is 2.16. The zero-order chi connectivity index (χ0) is 11.4. The first kappa shape index (κ1) is 10.7. The van der Waals surface area contributed by atoms with Crippen LogP contribution in [0.5, 0.6) is 0 Å². The van der Waals surface area contributed by atoms with E-state index in [1.807, 2.05) is 41.8 Å². The molecule has 4 heteroatoms. The number of carboxylic acid groups (broad SMARTS) is 1. The number of hydrogen-bond acceptors (Lipinski definition) is 3. The Morgan fingerprint density at radius 3 is 2.69 bits per heavy atom. The fourth-order valence-electron chi connectivity index (χ4n) is 1.40. The van der Waals surface area contributed by atoms with Crippen molar-refractivity contribution < 1.29 is 9.90 Å². The van der Waals surface area contributed by atoms with Crippen LogP contribution in [0, 0.1) is 0 Å². The van der Waals surface area contributed by atoms with Crippen molar-refractivity contribution in [3.63, 3.8) is 0 Å². The summed E-state index contributed by atoms with van der Waals surface area (Å²) in [6.45, 7) is 0. The summed E-state index contributed by atoms with van der Waals surface area (Å²) in [6.07, 6.45) is 0.0623. The number of aliphatic carboxylic acids is 1. The van der Waals surface area contributed by atoms with Gasteiger partial charge < -0.3 is 10.4 Å². The fraction of sp³-hybridized carbons (Fsp3) is 0.0833. The predicted octanol–water partition coefficient (Wildman–Crippen LogP) is 3.12. The van der Waals surface area contributed by atoms with Crippen LogP contribution in [-0.2, 0) is 11.2 Å². The van der Waals surface area contributed by atoms with Crippen LogP contribution in [-0.4, -0.2) is 11.1 Å². The van der Waals surface area contributed by atoms with Crippen LogP contribution in [0.1, 0.15) is 4.88 Å². The van der Waals surface area contributed by atoms with Crippen LogP contribution in [0.4, 0.5) is 11.4 Å². The minimum atomic E-state index is -0.807. The summed E-state index contributed by atoms with van der Waals surface area (Å²) in [5.74, 6) is -0.807. The minimum Gasteiger partial charge on any atom is -0.481 e. The SMILES string of the molecule is O=C(O)Cc1sccc1Nc1ccccc1. The van der Waals surface area contributed by atoms with Crippen LogP contribution in [0.3, 0.4) is 0 Å². The highest BCUT2D eigenvalue weighted by Crippen LogP contribution is 2.26. The van der Waals surface area contributed by atoms with E-state index in [-0.39, 0.29) is 6.42 Å². The molecule has 0 saturated carbocycles. The van der Waals surface area contributed by atoms with Crippen molar-refractivity contribution in [1.82, 2.24) is 0 Å². The van der Waals surface area contributed by atoms with Crippen LogP contribution in [0.25, 0.3) is 0 Å². The molecule has 0 fully saturated rings. The van der Waals surface area contributed by atoms with E-state index in [4.69, 9.17) is 5.11 Å². The smallest absolute Gasteiger partial charge is 0.308 e. The molecule has 82 valence electrons. The number of para-hydroxylation sites is 1. The lowest BCUT2D eigenvalue weighted by Crippen LogP contribution is -2.00. The van der Waals surface area contributed by atoms with E-state index in [1.54, 1.807) is 0 Å². The van der Waals surface area contributed by atoms with Crippen LogP contribution in [0.15, 0.2) is 41.8 Å². The van der Waals surface area contributed by atoms with Gasteiger partial charge in [-0.25, -0.2) is 0 Å². The molecule has 0 bridgehead atoms. The topological polar surface area (TPSA) is 49.3 Å². The van der Waals surface area contributed by atoms with Crippen molar-refractivity contribution in [2.24, 2.45) is 0 Å². The van der Waals surface area contributed by atoms with E-state index in [2.05, 4.69) is 5.32 Å². The lowest BCUT2D eigenvalue weighted by Gasteiger charge is -2.05. The molecule has 2 N–H and O–H groups in total. The molecule has 1 heterocycles. The maximum atomic E-state index is 10.7. The molecule has 1 aromatic heterocycles. The van der Waals surface area contributed by atoms with Crippen molar-refractivity contribution in [2.45, 2.75) is 6.42 Å². The van der Waals surface area contributed by atoms with Gasteiger partial charge in [0, 0.05) is 10.6 Å². The Kier molecular flexibility index (Phi) is 3.22. The van der Waals surface area contributed by atoms with Crippen molar-refractivity contribution in [2.75, 3.05) is 5.32 Å². The highest BCUT2D eigenvalue weighted by atomic mass is 32.1. The Morgan fingerprint density at radius 2 is 2.00 bits per heavy atom. The molecule has 0 aliphatic heterocycles. The number of benzene rings is 1. The number of thiophene rings is 1. The Hall–Kier alpha value is -1.81. The number of rotatable bonds is 4. The number of anilines is 2. The van der Waals surface area contributed by atoms with Crippen LogP contribution >= 0.6 is 11.3 Å². The number of carbonyl (C=O) groups is 1. The van der Waals surface area contributed by atoms with Crippen molar-refractivity contribution in [3.8, 4) is 0 Å². The molecule has 1 aromatic carbocycles. The molecule has 0 saturated heterocycles. The van der Waals surface area contributed by atoms with Gasteiger partial charge in [-0.2, -0.15) is 0 Å². The van der Waals surface area contributed by atoms with Crippen LogP contribution in [0.2, 0.25) is 0 Å².